The molecule has 0 aliphatic rings. The van der Waals surface area contributed by atoms with Crippen molar-refractivity contribution in [1.82, 2.24) is 0 Å². The van der Waals surface area contributed by atoms with Gasteiger partial charge in [-0.2, -0.15) is 0 Å². The third-order valence-corrected chi connectivity index (χ3v) is 3.25. The van der Waals surface area contributed by atoms with Gasteiger partial charge < -0.3 is 10.0 Å². The summed E-state index contributed by atoms with van der Waals surface area (Å²) < 4.78 is 0. The zero-order chi connectivity index (χ0) is 14.3. The monoisotopic (exact) mass is 263 g/mol. The molecule has 0 saturated carbocycles. The molecule has 0 fully saturated rings. The van der Waals surface area contributed by atoms with Gasteiger partial charge in [0.2, 0.25) is 0 Å². The molecular formula is C16H25NO2. The first kappa shape index (κ1) is 15.5. The maximum absolute atomic E-state index is 10.8. The maximum atomic E-state index is 10.8. The largest absolute Gasteiger partial charge is 0.481 e. The summed E-state index contributed by atoms with van der Waals surface area (Å²) in [6, 6.07) is 8.31. The first-order chi connectivity index (χ1) is 9.08. The van der Waals surface area contributed by atoms with Gasteiger partial charge in [0.15, 0.2) is 0 Å². The smallest absolute Gasteiger partial charge is 0.306 e. The van der Waals surface area contributed by atoms with Crippen molar-refractivity contribution in [2.75, 3.05) is 18.0 Å². The van der Waals surface area contributed by atoms with Gasteiger partial charge in [0, 0.05) is 18.8 Å². The second-order valence-corrected chi connectivity index (χ2v) is 5.10. The van der Waals surface area contributed by atoms with Crippen LogP contribution in [0.15, 0.2) is 24.3 Å². The van der Waals surface area contributed by atoms with Crippen molar-refractivity contribution in [3.63, 3.8) is 0 Å². The molecule has 0 radical (unpaired) electrons. The standard InChI is InChI=1S/C16H25NO2/c1-4-10-17(11-5-2)15-8-6-14(7-9-15)12-13(3)16(18)19/h6-9,13H,4-5,10-12H2,1-3H3,(H,18,19). The summed E-state index contributed by atoms with van der Waals surface area (Å²) in [5.41, 5.74) is 2.32. The van der Waals surface area contributed by atoms with E-state index in [1.165, 1.54) is 5.69 Å². The van der Waals surface area contributed by atoms with Crippen molar-refractivity contribution >= 4 is 11.7 Å². The lowest BCUT2D eigenvalue weighted by atomic mass is 10.0. The van der Waals surface area contributed by atoms with E-state index in [4.69, 9.17) is 5.11 Å². The molecule has 0 heterocycles. The van der Waals surface area contributed by atoms with Gasteiger partial charge in [-0.25, -0.2) is 0 Å². The number of rotatable bonds is 8. The van der Waals surface area contributed by atoms with Crippen LogP contribution in [0.2, 0.25) is 0 Å². The maximum Gasteiger partial charge on any atom is 0.306 e. The molecular weight excluding hydrogens is 238 g/mol. The third-order valence-electron chi connectivity index (χ3n) is 3.25. The van der Waals surface area contributed by atoms with Crippen molar-refractivity contribution in [2.24, 2.45) is 5.92 Å². The highest BCUT2D eigenvalue weighted by molar-refractivity contribution is 5.69. The van der Waals surface area contributed by atoms with E-state index in [0.29, 0.717) is 6.42 Å². The Morgan fingerprint density at radius 3 is 2.11 bits per heavy atom. The van der Waals surface area contributed by atoms with E-state index in [0.717, 1.165) is 31.5 Å². The van der Waals surface area contributed by atoms with Crippen LogP contribution in [0.25, 0.3) is 0 Å². The van der Waals surface area contributed by atoms with Crippen molar-refractivity contribution < 1.29 is 9.90 Å². The lowest BCUT2D eigenvalue weighted by molar-refractivity contribution is -0.141. The average Bonchev–Trinajstić information content (AvgIpc) is 2.39. The molecule has 1 aromatic rings. The van der Waals surface area contributed by atoms with Crippen molar-refractivity contribution in [1.29, 1.82) is 0 Å². The van der Waals surface area contributed by atoms with Crippen LogP contribution < -0.4 is 4.90 Å². The normalized spacial score (nSPS) is 12.2. The molecule has 1 rings (SSSR count). The van der Waals surface area contributed by atoms with Crippen molar-refractivity contribution in [3.05, 3.63) is 29.8 Å². The van der Waals surface area contributed by atoms with Crippen LogP contribution in [-0.4, -0.2) is 24.2 Å². The van der Waals surface area contributed by atoms with Crippen molar-refractivity contribution in [2.45, 2.75) is 40.0 Å². The number of carboxylic acids is 1. The quantitative estimate of drug-likeness (QED) is 0.779. The van der Waals surface area contributed by atoms with Crippen LogP contribution in [0.1, 0.15) is 39.2 Å². The van der Waals surface area contributed by atoms with Gasteiger partial charge >= 0.3 is 5.97 Å². The molecule has 0 spiro atoms. The van der Waals surface area contributed by atoms with E-state index in [1.807, 2.05) is 12.1 Å². The van der Waals surface area contributed by atoms with Gasteiger partial charge in [0.05, 0.1) is 5.92 Å². The number of benzene rings is 1. The van der Waals surface area contributed by atoms with Gasteiger partial charge in [-0.1, -0.05) is 32.9 Å². The Labute approximate surface area is 116 Å². The van der Waals surface area contributed by atoms with Crippen molar-refractivity contribution in [3.8, 4) is 0 Å². The predicted octanol–water partition coefficient (Wildman–Crippen LogP) is 3.58. The molecule has 3 heteroatoms. The molecule has 0 bridgehead atoms. The Bertz CT molecular complexity index is 380. The molecule has 0 aliphatic carbocycles. The first-order valence-corrected chi connectivity index (χ1v) is 7.15. The Balaban J connectivity index is 2.71. The van der Waals surface area contributed by atoms with E-state index in [-0.39, 0.29) is 5.92 Å². The van der Waals surface area contributed by atoms with Crippen LogP contribution >= 0.6 is 0 Å². The molecule has 1 N–H and O–H groups in total. The number of nitrogens with zero attached hydrogens (tertiary/aromatic N) is 1. The molecule has 0 amide bonds. The fourth-order valence-electron chi connectivity index (χ4n) is 2.19. The predicted molar refractivity (Wildman–Crippen MR) is 79.7 cm³/mol. The molecule has 1 unspecified atom stereocenters. The zero-order valence-corrected chi connectivity index (χ0v) is 12.2. The average molecular weight is 263 g/mol. The summed E-state index contributed by atoms with van der Waals surface area (Å²) in [7, 11) is 0. The van der Waals surface area contributed by atoms with Crippen LogP contribution in [0.3, 0.4) is 0 Å². The summed E-state index contributed by atoms with van der Waals surface area (Å²) in [5, 5.41) is 8.92. The summed E-state index contributed by atoms with van der Waals surface area (Å²) in [6.45, 7) is 8.26. The lowest BCUT2D eigenvalue weighted by Crippen LogP contribution is -2.24. The van der Waals surface area contributed by atoms with Crippen LogP contribution in [0.4, 0.5) is 5.69 Å². The number of aliphatic carboxylic acids is 1. The molecule has 0 aliphatic heterocycles. The minimum atomic E-state index is -0.734. The van der Waals surface area contributed by atoms with E-state index < -0.39 is 5.97 Å². The molecule has 19 heavy (non-hydrogen) atoms. The Kier molecular flexibility index (Phi) is 6.40. The Hall–Kier alpha value is -1.51. The fraction of sp³-hybridized carbons (Fsp3) is 0.562. The Morgan fingerprint density at radius 2 is 1.68 bits per heavy atom. The molecule has 0 saturated heterocycles. The van der Waals surface area contributed by atoms with E-state index >= 15 is 0 Å². The van der Waals surface area contributed by atoms with Crippen LogP contribution in [0, 0.1) is 5.92 Å². The van der Waals surface area contributed by atoms with E-state index in [9.17, 15) is 4.79 Å². The summed E-state index contributed by atoms with van der Waals surface area (Å²) >= 11 is 0. The second-order valence-electron chi connectivity index (χ2n) is 5.10. The van der Waals surface area contributed by atoms with Gasteiger partial charge in [-0.15, -0.1) is 0 Å². The summed E-state index contributed by atoms with van der Waals surface area (Å²) in [5.74, 6) is -1.06. The minimum absolute atomic E-state index is 0.326. The summed E-state index contributed by atoms with van der Waals surface area (Å²) in [6.07, 6.45) is 2.87. The van der Waals surface area contributed by atoms with Crippen LogP contribution in [-0.2, 0) is 11.2 Å². The van der Waals surface area contributed by atoms with Crippen LogP contribution in [0.5, 0.6) is 0 Å². The lowest BCUT2D eigenvalue weighted by Gasteiger charge is -2.24. The highest BCUT2D eigenvalue weighted by atomic mass is 16.4. The SMILES string of the molecule is CCCN(CCC)c1ccc(CC(C)C(=O)O)cc1. The van der Waals surface area contributed by atoms with E-state index in [2.05, 4.69) is 30.9 Å². The van der Waals surface area contributed by atoms with Gasteiger partial charge in [0.1, 0.15) is 0 Å². The number of carbonyl (C=O) groups is 1. The highest BCUT2D eigenvalue weighted by Gasteiger charge is 2.11. The number of hydrogen-bond donors (Lipinski definition) is 1. The van der Waals surface area contributed by atoms with E-state index in [1.54, 1.807) is 6.92 Å². The fourth-order valence-corrected chi connectivity index (χ4v) is 2.19. The number of anilines is 1. The molecule has 106 valence electrons. The van der Waals surface area contributed by atoms with Gasteiger partial charge in [-0.05, 0) is 37.0 Å². The van der Waals surface area contributed by atoms with Gasteiger partial charge in [-0.3, -0.25) is 4.79 Å². The zero-order valence-electron chi connectivity index (χ0n) is 12.2. The minimum Gasteiger partial charge on any atom is -0.481 e. The third kappa shape index (κ3) is 4.93. The molecule has 0 aromatic heterocycles. The summed E-state index contributed by atoms with van der Waals surface area (Å²) in [4.78, 5) is 13.2. The topological polar surface area (TPSA) is 40.5 Å². The van der Waals surface area contributed by atoms with Gasteiger partial charge in [0.25, 0.3) is 0 Å². The number of carboxylic acid groups (broad SMARTS) is 1. The second kappa shape index (κ2) is 7.82. The molecule has 1 aromatic carbocycles. The Morgan fingerprint density at radius 1 is 1.16 bits per heavy atom. The highest BCUT2D eigenvalue weighted by Crippen LogP contribution is 2.18. The number of hydrogen-bond acceptors (Lipinski definition) is 2. The molecule has 3 nitrogen and oxygen atoms in total. The first-order valence-electron chi connectivity index (χ1n) is 7.15. The molecule has 1 atom stereocenters.